The number of hydrogen-bond donors (Lipinski definition) is 0. The van der Waals surface area contributed by atoms with E-state index in [0.29, 0.717) is 24.7 Å². The Hall–Kier alpha value is -2.02. The smallest absolute Gasteiger partial charge is 0.234 e. The van der Waals surface area contributed by atoms with Crippen LogP contribution in [0.5, 0.6) is 0 Å². The van der Waals surface area contributed by atoms with Crippen LogP contribution >= 0.6 is 0 Å². The van der Waals surface area contributed by atoms with Crippen LogP contribution in [0.2, 0.25) is 0 Å². The van der Waals surface area contributed by atoms with Gasteiger partial charge in [0, 0.05) is 19.9 Å². The van der Waals surface area contributed by atoms with Crippen molar-refractivity contribution in [1.29, 1.82) is 0 Å². The third-order valence-corrected chi connectivity index (χ3v) is 2.36. The van der Waals surface area contributed by atoms with E-state index in [-0.39, 0.29) is 18.1 Å². The quantitative estimate of drug-likeness (QED) is 0.704. The molecule has 0 radical (unpaired) electrons. The summed E-state index contributed by atoms with van der Waals surface area (Å²) in [5.74, 6) is 0.627. The first-order chi connectivity index (χ1) is 8.70. The molecule has 2 rings (SSSR count). The Kier molecular flexibility index (Phi) is 3.83. The molecule has 0 saturated carbocycles. The molecule has 0 aliphatic rings. The minimum absolute atomic E-state index is 0.0681. The van der Waals surface area contributed by atoms with Gasteiger partial charge in [0.1, 0.15) is 12.3 Å². The molecule has 2 aromatic heterocycles. The van der Waals surface area contributed by atoms with Crippen molar-refractivity contribution in [2.75, 3.05) is 6.61 Å². The Morgan fingerprint density at radius 3 is 3.06 bits per heavy atom. The Bertz CT molecular complexity index is 532. The highest BCUT2D eigenvalue weighted by atomic mass is 16.5. The van der Waals surface area contributed by atoms with Gasteiger partial charge in [0.25, 0.3) is 0 Å². The molecule has 7 nitrogen and oxygen atoms in total. The summed E-state index contributed by atoms with van der Waals surface area (Å²) >= 11 is 0. The lowest BCUT2D eigenvalue weighted by Crippen LogP contribution is -2.09. The van der Waals surface area contributed by atoms with Crippen LogP contribution in [0.4, 0.5) is 0 Å². The Morgan fingerprint density at radius 2 is 2.39 bits per heavy atom. The minimum Gasteiger partial charge on any atom is -0.374 e. The molecule has 96 valence electrons. The van der Waals surface area contributed by atoms with Crippen molar-refractivity contribution in [2.45, 2.75) is 20.0 Å². The maximum absolute atomic E-state index is 11.9. The summed E-state index contributed by atoms with van der Waals surface area (Å²) in [5, 5.41) is 7.66. The highest BCUT2D eigenvalue weighted by molar-refractivity contribution is 5.95. The molecular weight excluding hydrogens is 236 g/mol. The summed E-state index contributed by atoms with van der Waals surface area (Å²) in [5.41, 5.74) is 0.513. The largest absolute Gasteiger partial charge is 0.374 e. The molecule has 0 unspecified atom stereocenters. The van der Waals surface area contributed by atoms with Gasteiger partial charge in [-0.25, -0.2) is 0 Å². The van der Waals surface area contributed by atoms with Crippen LogP contribution in [-0.4, -0.2) is 32.3 Å². The molecule has 0 fully saturated rings. The van der Waals surface area contributed by atoms with Gasteiger partial charge in [0.2, 0.25) is 5.89 Å². The Balaban J connectivity index is 1.99. The lowest BCUT2D eigenvalue weighted by molar-refractivity contribution is 0.0974. The second-order valence-electron chi connectivity index (χ2n) is 3.68. The fourth-order valence-corrected chi connectivity index (χ4v) is 1.49. The number of aromatic nitrogens is 4. The van der Waals surface area contributed by atoms with E-state index in [1.165, 1.54) is 4.68 Å². The number of rotatable bonds is 6. The van der Waals surface area contributed by atoms with Crippen LogP contribution in [0.15, 0.2) is 16.8 Å². The van der Waals surface area contributed by atoms with Gasteiger partial charge in [-0.15, -0.1) is 0 Å². The summed E-state index contributed by atoms with van der Waals surface area (Å²) in [6, 6.07) is 1.65. The maximum atomic E-state index is 11.9. The second kappa shape index (κ2) is 5.54. The van der Waals surface area contributed by atoms with Gasteiger partial charge in [0.15, 0.2) is 11.6 Å². The van der Waals surface area contributed by atoms with Gasteiger partial charge in [-0.1, -0.05) is 5.16 Å². The predicted octanol–water partition coefficient (Wildman–Crippen LogP) is 0.765. The van der Waals surface area contributed by atoms with E-state index in [4.69, 9.17) is 9.26 Å². The SMILES string of the molecule is CCOCc1noc(CC(=O)c2ccnn2C)n1. The van der Waals surface area contributed by atoms with Gasteiger partial charge in [-0.3, -0.25) is 9.48 Å². The standard InChI is InChI=1S/C11H14N4O3/c1-3-17-7-10-13-11(18-14-10)6-9(16)8-4-5-12-15(8)2/h4-5H,3,6-7H2,1-2H3. The van der Waals surface area contributed by atoms with Crippen molar-refractivity contribution in [2.24, 2.45) is 7.05 Å². The minimum atomic E-state index is -0.110. The first kappa shape index (κ1) is 12.4. The number of ketones is 1. The molecular formula is C11H14N4O3. The lowest BCUT2D eigenvalue weighted by atomic mass is 10.2. The highest BCUT2D eigenvalue weighted by Crippen LogP contribution is 2.06. The number of nitrogens with zero attached hydrogens (tertiary/aromatic N) is 4. The van der Waals surface area contributed by atoms with Gasteiger partial charge < -0.3 is 9.26 Å². The first-order valence-electron chi connectivity index (χ1n) is 5.61. The number of carbonyl (C=O) groups excluding carboxylic acids is 1. The van der Waals surface area contributed by atoms with Crippen LogP contribution in [0.3, 0.4) is 0 Å². The summed E-state index contributed by atoms with van der Waals surface area (Å²) in [7, 11) is 1.71. The van der Waals surface area contributed by atoms with Crippen molar-refractivity contribution < 1.29 is 14.1 Å². The number of Topliss-reactive ketones (excluding diaryl/α,β-unsaturated/α-hetero) is 1. The summed E-state index contributed by atoms with van der Waals surface area (Å²) in [6.07, 6.45) is 1.64. The zero-order valence-corrected chi connectivity index (χ0v) is 10.3. The third kappa shape index (κ3) is 2.80. The zero-order valence-electron chi connectivity index (χ0n) is 10.3. The van der Waals surface area contributed by atoms with Crippen molar-refractivity contribution in [3.8, 4) is 0 Å². The lowest BCUT2D eigenvalue weighted by Gasteiger charge is -1.97. The van der Waals surface area contributed by atoms with Crippen LogP contribution in [0.25, 0.3) is 0 Å². The van der Waals surface area contributed by atoms with E-state index in [0.717, 1.165) is 0 Å². The van der Waals surface area contributed by atoms with Gasteiger partial charge in [-0.2, -0.15) is 10.1 Å². The van der Waals surface area contributed by atoms with Crippen LogP contribution in [0.1, 0.15) is 29.1 Å². The molecule has 0 N–H and O–H groups in total. The summed E-state index contributed by atoms with van der Waals surface area (Å²) in [4.78, 5) is 16.0. The monoisotopic (exact) mass is 250 g/mol. The van der Waals surface area contributed by atoms with Crippen LogP contribution in [-0.2, 0) is 24.8 Å². The molecule has 0 aliphatic heterocycles. The van der Waals surface area contributed by atoms with E-state index >= 15 is 0 Å². The molecule has 7 heteroatoms. The van der Waals surface area contributed by atoms with Crippen LogP contribution < -0.4 is 0 Å². The van der Waals surface area contributed by atoms with E-state index < -0.39 is 0 Å². The normalized spacial score (nSPS) is 10.8. The van der Waals surface area contributed by atoms with Crippen molar-refractivity contribution in [3.05, 3.63) is 29.7 Å². The van der Waals surface area contributed by atoms with E-state index in [1.54, 1.807) is 19.3 Å². The van der Waals surface area contributed by atoms with Crippen molar-refractivity contribution >= 4 is 5.78 Å². The molecule has 0 atom stereocenters. The van der Waals surface area contributed by atoms with Crippen molar-refractivity contribution in [1.82, 2.24) is 19.9 Å². The van der Waals surface area contributed by atoms with E-state index in [2.05, 4.69) is 15.2 Å². The van der Waals surface area contributed by atoms with E-state index in [9.17, 15) is 4.79 Å². The molecule has 0 spiro atoms. The average molecular weight is 250 g/mol. The van der Waals surface area contributed by atoms with Gasteiger partial charge in [-0.05, 0) is 13.0 Å². The molecule has 0 saturated heterocycles. The fraction of sp³-hybridized carbons (Fsp3) is 0.455. The molecule has 0 amide bonds. The second-order valence-corrected chi connectivity index (χ2v) is 3.68. The topological polar surface area (TPSA) is 83.0 Å². The first-order valence-corrected chi connectivity index (χ1v) is 5.61. The van der Waals surface area contributed by atoms with Crippen LogP contribution in [0, 0.1) is 0 Å². The molecule has 2 aromatic rings. The molecule has 0 bridgehead atoms. The average Bonchev–Trinajstić information content (AvgIpc) is 2.95. The molecule has 18 heavy (non-hydrogen) atoms. The maximum Gasteiger partial charge on any atom is 0.234 e. The Morgan fingerprint density at radius 1 is 1.56 bits per heavy atom. The van der Waals surface area contributed by atoms with E-state index in [1.807, 2.05) is 6.92 Å². The number of aryl methyl sites for hydroxylation is 1. The zero-order chi connectivity index (χ0) is 13.0. The summed E-state index contributed by atoms with van der Waals surface area (Å²) < 4.78 is 11.6. The predicted molar refractivity (Wildman–Crippen MR) is 60.9 cm³/mol. The molecule has 0 aliphatic carbocycles. The number of carbonyl (C=O) groups is 1. The third-order valence-electron chi connectivity index (χ3n) is 2.36. The Labute approximate surface area is 104 Å². The molecule has 0 aromatic carbocycles. The highest BCUT2D eigenvalue weighted by Gasteiger charge is 2.15. The fourth-order valence-electron chi connectivity index (χ4n) is 1.49. The number of hydrogen-bond acceptors (Lipinski definition) is 6. The number of ether oxygens (including phenoxy) is 1. The van der Waals surface area contributed by atoms with Gasteiger partial charge in [0.05, 0.1) is 6.42 Å². The summed E-state index contributed by atoms with van der Waals surface area (Å²) in [6.45, 7) is 2.75. The van der Waals surface area contributed by atoms with Crippen molar-refractivity contribution in [3.63, 3.8) is 0 Å². The van der Waals surface area contributed by atoms with Gasteiger partial charge >= 0.3 is 0 Å². The molecule has 2 heterocycles.